The normalized spacial score (nSPS) is 22.7. The van der Waals surface area contributed by atoms with Gasteiger partial charge in [-0.15, -0.1) is 0 Å². The first-order chi connectivity index (χ1) is 10.7. The van der Waals surface area contributed by atoms with Crippen molar-refractivity contribution in [1.29, 1.82) is 0 Å². The lowest BCUT2D eigenvalue weighted by molar-refractivity contribution is 0.100. The maximum absolute atomic E-state index is 11.1. The van der Waals surface area contributed by atoms with E-state index in [0.29, 0.717) is 5.56 Å². The average molecular weight is 299 g/mol. The molecule has 0 aromatic heterocycles. The Morgan fingerprint density at radius 1 is 1.09 bits per heavy atom. The standard InChI is InChI=1S/C18H25N3O/c19-18(22)16-6-8-17(9-7-16)21-12-10-20(11-13-21)14-15-4-2-1-3-5-15/h1-2,6-9,15H,3-5,10-14H2,(H2,19,22). The van der Waals surface area contributed by atoms with Crippen molar-refractivity contribution in [1.82, 2.24) is 4.90 Å². The van der Waals surface area contributed by atoms with E-state index in [1.807, 2.05) is 24.3 Å². The van der Waals surface area contributed by atoms with Crippen molar-refractivity contribution in [2.45, 2.75) is 19.3 Å². The highest BCUT2D eigenvalue weighted by atomic mass is 16.1. The Labute approximate surface area is 132 Å². The molecular weight excluding hydrogens is 274 g/mol. The van der Waals surface area contributed by atoms with Crippen LogP contribution in [0.5, 0.6) is 0 Å². The third-order valence-corrected chi connectivity index (χ3v) is 4.78. The molecule has 1 aliphatic carbocycles. The number of allylic oxidation sites excluding steroid dienone is 2. The van der Waals surface area contributed by atoms with Crippen LogP contribution in [0.3, 0.4) is 0 Å². The highest BCUT2D eigenvalue weighted by Gasteiger charge is 2.20. The van der Waals surface area contributed by atoms with Gasteiger partial charge in [0, 0.05) is 44.0 Å². The Morgan fingerprint density at radius 2 is 1.82 bits per heavy atom. The Morgan fingerprint density at radius 3 is 2.41 bits per heavy atom. The third-order valence-electron chi connectivity index (χ3n) is 4.78. The predicted molar refractivity (Wildman–Crippen MR) is 90.1 cm³/mol. The molecule has 2 N–H and O–H groups in total. The van der Waals surface area contributed by atoms with Crippen molar-refractivity contribution < 1.29 is 4.79 Å². The van der Waals surface area contributed by atoms with E-state index in [-0.39, 0.29) is 5.91 Å². The molecule has 22 heavy (non-hydrogen) atoms. The Bertz CT molecular complexity index is 530. The Kier molecular flexibility index (Phi) is 4.78. The summed E-state index contributed by atoms with van der Waals surface area (Å²) in [7, 11) is 0. The molecule has 1 heterocycles. The number of hydrogen-bond acceptors (Lipinski definition) is 3. The number of amides is 1. The van der Waals surface area contributed by atoms with Crippen molar-refractivity contribution >= 4 is 11.6 Å². The molecule has 1 amide bonds. The van der Waals surface area contributed by atoms with E-state index < -0.39 is 0 Å². The monoisotopic (exact) mass is 299 g/mol. The van der Waals surface area contributed by atoms with E-state index in [1.165, 1.54) is 31.5 Å². The van der Waals surface area contributed by atoms with Gasteiger partial charge >= 0.3 is 0 Å². The Hall–Kier alpha value is -1.81. The van der Waals surface area contributed by atoms with Crippen LogP contribution >= 0.6 is 0 Å². The van der Waals surface area contributed by atoms with E-state index in [2.05, 4.69) is 22.0 Å². The summed E-state index contributed by atoms with van der Waals surface area (Å²) in [5.41, 5.74) is 7.05. The van der Waals surface area contributed by atoms with Gasteiger partial charge in [0.05, 0.1) is 0 Å². The smallest absolute Gasteiger partial charge is 0.248 e. The molecule has 4 nitrogen and oxygen atoms in total. The number of carbonyl (C=O) groups is 1. The quantitative estimate of drug-likeness (QED) is 0.868. The van der Waals surface area contributed by atoms with Gasteiger partial charge in [0.2, 0.25) is 5.91 Å². The fraction of sp³-hybridized carbons (Fsp3) is 0.500. The molecule has 3 rings (SSSR count). The maximum atomic E-state index is 11.1. The van der Waals surface area contributed by atoms with Gasteiger partial charge in [-0.1, -0.05) is 12.2 Å². The maximum Gasteiger partial charge on any atom is 0.248 e. The van der Waals surface area contributed by atoms with E-state index in [1.54, 1.807) is 0 Å². The third kappa shape index (κ3) is 3.69. The first-order valence-corrected chi connectivity index (χ1v) is 8.24. The fourth-order valence-electron chi connectivity index (χ4n) is 3.41. The SMILES string of the molecule is NC(=O)c1ccc(N2CCN(CC3CC=CCC3)CC2)cc1. The summed E-state index contributed by atoms with van der Waals surface area (Å²) in [5, 5.41) is 0. The molecule has 1 saturated heterocycles. The summed E-state index contributed by atoms with van der Waals surface area (Å²) in [6, 6.07) is 7.64. The van der Waals surface area contributed by atoms with Crippen LogP contribution in [0.25, 0.3) is 0 Å². The number of nitrogens with two attached hydrogens (primary N) is 1. The number of nitrogens with zero attached hydrogens (tertiary/aromatic N) is 2. The van der Waals surface area contributed by atoms with Crippen molar-refractivity contribution in [3.8, 4) is 0 Å². The number of anilines is 1. The molecule has 1 aromatic carbocycles. The average Bonchev–Trinajstić information content (AvgIpc) is 2.57. The van der Waals surface area contributed by atoms with Crippen LogP contribution in [-0.2, 0) is 0 Å². The number of piperazine rings is 1. The van der Waals surface area contributed by atoms with Crippen LogP contribution in [0, 0.1) is 5.92 Å². The largest absolute Gasteiger partial charge is 0.369 e. The molecular formula is C18H25N3O. The molecule has 2 aliphatic rings. The lowest BCUT2D eigenvalue weighted by atomic mass is 9.94. The van der Waals surface area contributed by atoms with Gasteiger partial charge in [-0.2, -0.15) is 0 Å². The van der Waals surface area contributed by atoms with Gasteiger partial charge < -0.3 is 10.6 Å². The minimum Gasteiger partial charge on any atom is -0.369 e. The minimum atomic E-state index is -0.363. The molecule has 1 atom stereocenters. The second-order valence-electron chi connectivity index (χ2n) is 6.35. The van der Waals surface area contributed by atoms with Gasteiger partial charge in [0.1, 0.15) is 0 Å². The predicted octanol–water partition coefficient (Wildman–Crippen LogP) is 2.26. The molecule has 118 valence electrons. The summed E-state index contributed by atoms with van der Waals surface area (Å²) in [6.45, 7) is 5.59. The second kappa shape index (κ2) is 6.97. The number of primary amides is 1. The first-order valence-electron chi connectivity index (χ1n) is 8.24. The first kappa shape index (κ1) is 15.1. The summed E-state index contributed by atoms with van der Waals surface area (Å²) >= 11 is 0. The van der Waals surface area contributed by atoms with Crippen LogP contribution in [0.15, 0.2) is 36.4 Å². The van der Waals surface area contributed by atoms with E-state index >= 15 is 0 Å². The topological polar surface area (TPSA) is 49.6 Å². The van der Waals surface area contributed by atoms with Gasteiger partial charge in [0.25, 0.3) is 0 Å². The summed E-state index contributed by atoms with van der Waals surface area (Å²) in [4.78, 5) is 16.1. The molecule has 1 fully saturated rings. The summed E-state index contributed by atoms with van der Waals surface area (Å²) in [5.74, 6) is 0.476. The zero-order chi connectivity index (χ0) is 15.4. The van der Waals surface area contributed by atoms with Crippen LogP contribution in [0.1, 0.15) is 29.6 Å². The Balaban J connectivity index is 1.50. The van der Waals surface area contributed by atoms with E-state index in [9.17, 15) is 4.79 Å². The molecule has 1 unspecified atom stereocenters. The molecule has 4 heteroatoms. The lowest BCUT2D eigenvalue weighted by Crippen LogP contribution is -2.47. The summed E-state index contributed by atoms with van der Waals surface area (Å²) in [6.07, 6.45) is 8.48. The highest BCUT2D eigenvalue weighted by molar-refractivity contribution is 5.93. The van der Waals surface area contributed by atoms with Gasteiger partial charge in [-0.05, 0) is 49.4 Å². The molecule has 0 bridgehead atoms. The van der Waals surface area contributed by atoms with Crippen LogP contribution in [0.4, 0.5) is 5.69 Å². The molecule has 0 spiro atoms. The zero-order valence-corrected chi connectivity index (χ0v) is 13.1. The van der Waals surface area contributed by atoms with Crippen molar-refractivity contribution in [3.63, 3.8) is 0 Å². The number of benzene rings is 1. The minimum absolute atomic E-state index is 0.363. The van der Waals surface area contributed by atoms with Gasteiger partial charge in [0.15, 0.2) is 0 Å². The van der Waals surface area contributed by atoms with Crippen LogP contribution in [-0.4, -0.2) is 43.5 Å². The van der Waals surface area contributed by atoms with Crippen LogP contribution < -0.4 is 10.6 Å². The molecule has 0 radical (unpaired) electrons. The number of rotatable bonds is 4. The molecule has 1 aromatic rings. The summed E-state index contributed by atoms with van der Waals surface area (Å²) < 4.78 is 0. The van der Waals surface area contributed by atoms with Crippen molar-refractivity contribution in [3.05, 3.63) is 42.0 Å². The molecule has 1 aliphatic heterocycles. The van der Waals surface area contributed by atoms with Crippen molar-refractivity contribution in [2.75, 3.05) is 37.6 Å². The number of hydrogen-bond donors (Lipinski definition) is 1. The van der Waals surface area contributed by atoms with Crippen LogP contribution in [0.2, 0.25) is 0 Å². The number of carbonyl (C=O) groups excluding carboxylic acids is 1. The van der Waals surface area contributed by atoms with Crippen molar-refractivity contribution in [2.24, 2.45) is 11.7 Å². The highest BCUT2D eigenvalue weighted by Crippen LogP contribution is 2.21. The molecule has 0 saturated carbocycles. The van der Waals surface area contributed by atoms with E-state index in [0.717, 1.165) is 32.1 Å². The zero-order valence-electron chi connectivity index (χ0n) is 13.1. The lowest BCUT2D eigenvalue weighted by Gasteiger charge is -2.38. The van der Waals surface area contributed by atoms with E-state index in [4.69, 9.17) is 5.73 Å². The van der Waals surface area contributed by atoms with Gasteiger partial charge in [-0.3, -0.25) is 9.69 Å². The fourth-order valence-corrected chi connectivity index (χ4v) is 3.41. The second-order valence-corrected chi connectivity index (χ2v) is 6.35. The van der Waals surface area contributed by atoms with Gasteiger partial charge in [-0.25, -0.2) is 0 Å².